The predicted molar refractivity (Wildman–Crippen MR) is 128 cm³/mol. The van der Waals surface area contributed by atoms with Crippen molar-refractivity contribution in [3.63, 3.8) is 0 Å². The predicted octanol–water partition coefficient (Wildman–Crippen LogP) is 2.48. The third-order valence-electron chi connectivity index (χ3n) is 5.74. The lowest BCUT2D eigenvalue weighted by atomic mass is 9.99. The molecule has 2 aromatic heterocycles. The van der Waals surface area contributed by atoms with Gasteiger partial charge in [-0.2, -0.15) is 0 Å². The number of ether oxygens (including phenoxy) is 1. The molecule has 180 valence electrons. The fourth-order valence-corrected chi connectivity index (χ4v) is 3.68. The Kier molecular flexibility index (Phi) is 8.24. The number of aliphatic hydroxyl groups is 1. The molecule has 0 bridgehead atoms. The lowest BCUT2D eigenvalue weighted by Gasteiger charge is -2.37. The van der Waals surface area contributed by atoms with Gasteiger partial charge in [-0.1, -0.05) is 32.6 Å². The van der Waals surface area contributed by atoms with Gasteiger partial charge in [0.1, 0.15) is 11.7 Å². The summed E-state index contributed by atoms with van der Waals surface area (Å²) in [6, 6.07) is 4.74. The fraction of sp³-hybridized carbons (Fsp3) is 0.462. The Balaban J connectivity index is 1.95. The van der Waals surface area contributed by atoms with Crippen LogP contribution in [0, 0.1) is 23.7 Å². The largest absolute Gasteiger partial charge is 0.472 e. The first kappa shape index (κ1) is 25.2. The van der Waals surface area contributed by atoms with Crippen LogP contribution in [0.25, 0.3) is 0 Å². The maximum absolute atomic E-state index is 13.4. The zero-order valence-corrected chi connectivity index (χ0v) is 20.4. The Bertz CT molecular complexity index is 1080. The van der Waals surface area contributed by atoms with Crippen molar-refractivity contribution >= 4 is 11.8 Å². The summed E-state index contributed by atoms with van der Waals surface area (Å²) in [5.41, 5.74) is 1.41. The maximum Gasteiger partial charge on any atom is 0.259 e. The number of amides is 2. The number of fused-ring (bicyclic) bond motifs is 1. The van der Waals surface area contributed by atoms with Crippen LogP contribution in [0.1, 0.15) is 54.0 Å². The minimum absolute atomic E-state index is 0.127. The monoisotopic (exact) mass is 464 g/mol. The molecule has 34 heavy (non-hydrogen) atoms. The van der Waals surface area contributed by atoms with Gasteiger partial charge in [-0.15, -0.1) is 0 Å². The van der Waals surface area contributed by atoms with Crippen molar-refractivity contribution in [2.75, 3.05) is 26.7 Å². The summed E-state index contributed by atoms with van der Waals surface area (Å²) in [6.07, 6.45) is 4.31. The molecule has 8 nitrogen and oxygen atoms in total. The molecule has 0 fully saturated rings. The van der Waals surface area contributed by atoms with E-state index in [2.05, 4.69) is 21.8 Å². The van der Waals surface area contributed by atoms with Crippen LogP contribution in [0.15, 0.2) is 36.8 Å². The van der Waals surface area contributed by atoms with Crippen molar-refractivity contribution in [3.8, 4) is 17.7 Å². The Morgan fingerprint density at radius 2 is 2.12 bits per heavy atom. The van der Waals surface area contributed by atoms with Gasteiger partial charge in [-0.3, -0.25) is 14.6 Å². The van der Waals surface area contributed by atoms with Crippen molar-refractivity contribution in [2.45, 2.75) is 39.8 Å². The van der Waals surface area contributed by atoms with Crippen molar-refractivity contribution in [2.24, 2.45) is 11.8 Å². The summed E-state index contributed by atoms with van der Waals surface area (Å²) < 4.78 is 6.24. The smallest absolute Gasteiger partial charge is 0.259 e. The molecule has 2 aromatic rings. The van der Waals surface area contributed by atoms with Crippen LogP contribution in [0.4, 0.5) is 0 Å². The minimum atomic E-state index is -0.425. The molecule has 2 amide bonds. The van der Waals surface area contributed by atoms with Gasteiger partial charge in [0.25, 0.3) is 11.8 Å². The normalized spacial score (nSPS) is 18.7. The van der Waals surface area contributed by atoms with Crippen LogP contribution < -0.4 is 4.74 Å². The number of carbonyl (C=O) groups is 2. The molecule has 0 unspecified atom stereocenters. The maximum atomic E-state index is 13.4. The number of aliphatic hydroxyl groups excluding tert-OH is 1. The van der Waals surface area contributed by atoms with Gasteiger partial charge in [0, 0.05) is 49.6 Å². The molecule has 3 atom stereocenters. The highest BCUT2D eigenvalue weighted by atomic mass is 16.5. The summed E-state index contributed by atoms with van der Waals surface area (Å²) in [7, 11) is 1.71. The highest BCUT2D eigenvalue weighted by Crippen LogP contribution is 2.27. The van der Waals surface area contributed by atoms with E-state index in [0.29, 0.717) is 29.8 Å². The first-order valence-corrected chi connectivity index (χ1v) is 11.5. The van der Waals surface area contributed by atoms with E-state index in [-0.39, 0.29) is 42.2 Å². The molecule has 8 heteroatoms. The van der Waals surface area contributed by atoms with E-state index in [9.17, 15) is 14.7 Å². The Morgan fingerprint density at radius 1 is 1.35 bits per heavy atom. The number of rotatable bonds is 5. The van der Waals surface area contributed by atoms with Crippen molar-refractivity contribution in [3.05, 3.63) is 53.5 Å². The van der Waals surface area contributed by atoms with Gasteiger partial charge in [0.15, 0.2) is 0 Å². The van der Waals surface area contributed by atoms with Gasteiger partial charge in [0.05, 0.1) is 24.8 Å². The number of carbonyl (C=O) groups excluding carboxylic acids is 2. The topological polar surface area (TPSA) is 95.9 Å². The Hall–Kier alpha value is -3.44. The molecular formula is C26H32N4O4. The zero-order chi connectivity index (χ0) is 24.8. The van der Waals surface area contributed by atoms with Gasteiger partial charge in [-0.05, 0) is 25.1 Å². The van der Waals surface area contributed by atoms with Gasteiger partial charge >= 0.3 is 0 Å². The number of likely N-dealkylation sites (N-methyl/N-ethyl adjacent to an activating group) is 1. The fourth-order valence-electron chi connectivity index (χ4n) is 3.68. The van der Waals surface area contributed by atoms with Crippen LogP contribution in [0.2, 0.25) is 0 Å². The summed E-state index contributed by atoms with van der Waals surface area (Å²) >= 11 is 0. The van der Waals surface area contributed by atoms with Crippen LogP contribution in [0.5, 0.6) is 5.88 Å². The highest BCUT2D eigenvalue weighted by Gasteiger charge is 2.34. The number of nitrogens with zero attached hydrogens (tertiary/aromatic N) is 4. The number of hydrogen-bond acceptors (Lipinski definition) is 6. The summed E-state index contributed by atoms with van der Waals surface area (Å²) in [4.78, 5) is 38.0. The Morgan fingerprint density at radius 3 is 2.76 bits per heavy atom. The van der Waals surface area contributed by atoms with Gasteiger partial charge < -0.3 is 19.6 Å². The van der Waals surface area contributed by atoms with E-state index in [4.69, 9.17) is 4.74 Å². The van der Waals surface area contributed by atoms with Crippen molar-refractivity contribution < 1.29 is 19.4 Å². The SMILES string of the molecule is CC(C)C#Cc1cnc2c(c1)C(=O)N([C@H](C)CO)C[C@@H](C)[C@H](CN(C)C(=O)c1cccnc1)O2. The molecule has 1 N–H and O–H groups in total. The standard InChI is InChI=1S/C26H32N4O4/c1-17(2)8-9-20-11-22-24(28-12-20)34-23(18(3)14-30(26(22)33)19(4)16-31)15-29(5)25(32)21-7-6-10-27-13-21/h6-7,10-13,17-19,23,31H,14-16H2,1-5H3/t18-,19-,23+/m1/s1. The molecule has 0 saturated carbocycles. The third-order valence-corrected chi connectivity index (χ3v) is 5.74. The van der Waals surface area contributed by atoms with Crippen molar-refractivity contribution in [1.29, 1.82) is 0 Å². The molecule has 1 aliphatic rings. The van der Waals surface area contributed by atoms with Gasteiger partial charge in [-0.25, -0.2) is 4.98 Å². The van der Waals surface area contributed by atoms with Crippen LogP contribution >= 0.6 is 0 Å². The summed E-state index contributed by atoms with van der Waals surface area (Å²) in [5, 5.41) is 9.79. The molecular weight excluding hydrogens is 432 g/mol. The lowest BCUT2D eigenvalue weighted by Crippen LogP contribution is -2.50. The van der Waals surface area contributed by atoms with Crippen molar-refractivity contribution in [1.82, 2.24) is 19.8 Å². The number of pyridine rings is 2. The van der Waals surface area contributed by atoms with E-state index < -0.39 is 6.10 Å². The van der Waals surface area contributed by atoms with E-state index in [0.717, 1.165) is 0 Å². The number of hydrogen-bond donors (Lipinski definition) is 1. The molecule has 0 radical (unpaired) electrons. The second-order valence-electron chi connectivity index (χ2n) is 9.05. The Labute approximate surface area is 201 Å². The molecule has 0 spiro atoms. The first-order valence-electron chi connectivity index (χ1n) is 11.5. The van der Waals surface area contributed by atoms with Crippen LogP contribution in [0.3, 0.4) is 0 Å². The highest BCUT2D eigenvalue weighted by molar-refractivity contribution is 5.97. The third kappa shape index (κ3) is 5.91. The van der Waals surface area contributed by atoms with E-state index in [1.165, 1.54) is 6.20 Å². The van der Waals surface area contributed by atoms with E-state index in [1.54, 1.807) is 54.4 Å². The van der Waals surface area contributed by atoms with Crippen LogP contribution in [-0.4, -0.2) is 75.6 Å². The van der Waals surface area contributed by atoms with E-state index >= 15 is 0 Å². The minimum Gasteiger partial charge on any atom is -0.472 e. The molecule has 3 heterocycles. The average Bonchev–Trinajstić information content (AvgIpc) is 2.84. The summed E-state index contributed by atoms with van der Waals surface area (Å²) in [6.45, 7) is 8.23. The second-order valence-corrected chi connectivity index (χ2v) is 9.05. The average molecular weight is 465 g/mol. The van der Waals surface area contributed by atoms with Gasteiger partial charge in [0.2, 0.25) is 5.88 Å². The molecule has 0 aliphatic carbocycles. The van der Waals surface area contributed by atoms with E-state index in [1.807, 2.05) is 20.8 Å². The second kappa shape index (κ2) is 11.1. The zero-order valence-electron chi connectivity index (χ0n) is 20.4. The lowest BCUT2D eigenvalue weighted by molar-refractivity contribution is 0.0313. The summed E-state index contributed by atoms with van der Waals surface area (Å²) in [5.74, 6) is 5.95. The number of aromatic nitrogens is 2. The molecule has 0 aromatic carbocycles. The molecule has 3 rings (SSSR count). The first-order chi connectivity index (χ1) is 16.2. The quantitative estimate of drug-likeness (QED) is 0.683. The molecule has 0 saturated heterocycles. The van der Waals surface area contributed by atoms with Crippen LogP contribution in [-0.2, 0) is 0 Å². The molecule has 1 aliphatic heterocycles.